The third kappa shape index (κ3) is 4.37. The molecule has 1 unspecified atom stereocenters. The van der Waals surface area contributed by atoms with Crippen molar-refractivity contribution in [3.05, 3.63) is 35.9 Å². The number of rotatable bonds is 6. The van der Waals surface area contributed by atoms with Crippen LogP contribution in [0.1, 0.15) is 5.56 Å². The van der Waals surface area contributed by atoms with Gasteiger partial charge in [0.15, 0.2) is 0 Å². The molecule has 5 heteroatoms. The second-order valence-corrected chi connectivity index (χ2v) is 5.08. The summed E-state index contributed by atoms with van der Waals surface area (Å²) in [5, 5.41) is 2.61. The second-order valence-electron chi connectivity index (χ2n) is 3.52. The Labute approximate surface area is 96.5 Å². The zero-order valence-corrected chi connectivity index (χ0v) is 9.90. The summed E-state index contributed by atoms with van der Waals surface area (Å²) in [6, 6.07) is 7.68. The summed E-state index contributed by atoms with van der Waals surface area (Å²) in [5.41, 5.74) is 0.000112. The van der Waals surface area contributed by atoms with Gasteiger partial charge in [0.05, 0.1) is 6.54 Å². The largest absolute Gasteiger partial charge is 0.310 e. The molecule has 1 aromatic rings. The molecule has 0 saturated carbocycles. The number of nitrogens with one attached hydrogen (secondary N) is 1. The lowest BCUT2D eigenvalue weighted by molar-refractivity contribution is -0.00254. The Kier molecular flexibility index (Phi) is 5.02. The average Bonchev–Trinajstić information content (AvgIpc) is 2.26. The Bertz CT molecular complexity index is 343. The molecule has 1 atom stereocenters. The summed E-state index contributed by atoms with van der Waals surface area (Å²) in [5.74, 6) is -2.48. The van der Waals surface area contributed by atoms with Gasteiger partial charge in [-0.05, 0) is 0 Å². The van der Waals surface area contributed by atoms with E-state index in [1.54, 1.807) is 24.5 Å². The van der Waals surface area contributed by atoms with E-state index >= 15 is 0 Å². The Hall–Kier alpha value is -0.810. The molecule has 0 saturated heterocycles. The molecule has 1 rings (SSSR count). The van der Waals surface area contributed by atoms with Crippen molar-refractivity contribution in [3.63, 3.8) is 0 Å². The zero-order valence-electron chi connectivity index (χ0n) is 9.08. The maximum absolute atomic E-state index is 13.5. The molecule has 0 amide bonds. The Balaban J connectivity index is 2.43. The van der Waals surface area contributed by atoms with Crippen LogP contribution in [0.3, 0.4) is 0 Å². The normalized spacial score (nSPS) is 13.7. The summed E-state index contributed by atoms with van der Waals surface area (Å²) in [6.07, 6.45) is 1.55. The van der Waals surface area contributed by atoms with Gasteiger partial charge in [0, 0.05) is 34.9 Å². The van der Waals surface area contributed by atoms with Gasteiger partial charge in [0.2, 0.25) is 0 Å². The standard InChI is InChI=1S/C11H15F2NOS/c1-16(15)8-7-14-9-11(12,13)10-5-3-2-4-6-10/h2-6,14H,7-9H2,1H3. The van der Waals surface area contributed by atoms with Gasteiger partial charge in [-0.15, -0.1) is 0 Å². The van der Waals surface area contributed by atoms with Crippen LogP contribution in [0.2, 0.25) is 0 Å². The van der Waals surface area contributed by atoms with Crippen LogP contribution in [0.15, 0.2) is 30.3 Å². The van der Waals surface area contributed by atoms with Crippen LogP contribution in [0.25, 0.3) is 0 Å². The van der Waals surface area contributed by atoms with Crippen LogP contribution in [0.5, 0.6) is 0 Å². The molecule has 0 fully saturated rings. The van der Waals surface area contributed by atoms with E-state index in [-0.39, 0.29) is 5.56 Å². The van der Waals surface area contributed by atoms with E-state index in [0.717, 1.165) is 0 Å². The maximum atomic E-state index is 13.5. The molecule has 0 spiro atoms. The molecule has 0 radical (unpaired) electrons. The molecule has 1 N–H and O–H groups in total. The predicted octanol–water partition coefficient (Wildman–Crippen LogP) is 1.75. The van der Waals surface area contributed by atoms with E-state index in [9.17, 15) is 13.0 Å². The summed E-state index contributed by atoms with van der Waals surface area (Å²) in [7, 11) is -0.946. The van der Waals surface area contributed by atoms with Crippen LogP contribution in [-0.2, 0) is 16.7 Å². The van der Waals surface area contributed by atoms with Gasteiger partial charge in [0.25, 0.3) is 5.92 Å². The lowest BCUT2D eigenvalue weighted by Gasteiger charge is -2.17. The maximum Gasteiger partial charge on any atom is 0.285 e. The van der Waals surface area contributed by atoms with Crippen LogP contribution < -0.4 is 5.32 Å². The van der Waals surface area contributed by atoms with E-state index in [1.165, 1.54) is 12.1 Å². The van der Waals surface area contributed by atoms with Crippen molar-refractivity contribution in [2.75, 3.05) is 25.1 Å². The van der Waals surface area contributed by atoms with Crippen LogP contribution >= 0.6 is 0 Å². The quantitative estimate of drug-likeness (QED) is 0.776. The minimum absolute atomic E-state index is 0.000112. The van der Waals surface area contributed by atoms with Crippen LogP contribution in [-0.4, -0.2) is 29.3 Å². The summed E-state index contributed by atoms with van der Waals surface area (Å²) in [6.45, 7) is -0.0836. The third-order valence-corrected chi connectivity index (χ3v) is 2.89. The first-order valence-electron chi connectivity index (χ1n) is 4.96. The molecular weight excluding hydrogens is 232 g/mol. The van der Waals surface area contributed by atoms with E-state index in [1.807, 2.05) is 0 Å². The second kappa shape index (κ2) is 6.06. The van der Waals surface area contributed by atoms with Gasteiger partial charge in [-0.2, -0.15) is 8.78 Å². The van der Waals surface area contributed by atoms with Crippen molar-refractivity contribution < 1.29 is 13.0 Å². The fraction of sp³-hybridized carbons (Fsp3) is 0.455. The number of hydrogen-bond acceptors (Lipinski definition) is 2. The third-order valence-electron chi connectivity index (χ3n) is 2.11. The average molecular weight is 247 g/mol. The monoisotopic (exact) mass is 247 g/mol. The lowest BCUT2D eigenvalue weighted by atomic mass is 10.1. The highest BCUT2D eigenvalue weighted by Gasteiger charge is 2.30. The van der Waals surface area contributed by atoms with Crippen molar-refractivity contribution in [1.29, 1.82) is 0 Å². The molecule has 0 bridgehead atoms. The molecule has 0 aromatic heterocycles. The topological polar surface area (TPSA) is 29.1 Å². The van der Waals surface area contributed by atoms with Crippen molar-refractivity contribution in [2.24, 2.45) is 0 Å². The van der Waals surface area contributed by atoms with Crippen molar-refractivity contribution in [1.82, 2.24) is 5.32 Å². The molecular formula is C11H15F2NOS. The minimum atomic E-state index is -2.88. The van der Waals surface area contributed by atoms with Gasteiger partial charge in [0.1, 0.15) is 0 Å². The molecule has 90 valence electrons. The van der Waals surface area contributed by atoms with Gasteiger partial charge in [-0.25, -0.2) is 0 Å². The number of alkyl halides is 2. The smallest absolute Gasteiger partial charge is 0.285 e. The summed E-state index contributed by atoms with van der Waals surface area (Å²) in [4.78, 5) is 0. The van der Waals surface area contributed by atoms with Crippen molar-refractivity contribution in [3.8, 4) is 0 Å². The Morgan fingerprint density at radius 1 is 1.31 bits per heavy atom. The predicted molar refractivity (Wildman–Crippen MR) is 62.1 cm³/mol. The van der Waals surface area contributed by atoms with Gasteiger partial charge in [-0.3, -0.25) is 4.21 Å². The highest BCUT2D eigenvalue weighted by atomic mass is 32.2. The van der Waals surface area contributed by atoms with Crippen LogP contribution in [0, 0.1) is 0 Å². The van der Waals surface area contributed by atoms with Gasteiger partial charge in [-0.1, -0.05) is 30.3 Å². The first-order chi connectivity index (χ1) is 7.52. The lowest BCUT2D eigenvalue weighted by Crippen LogP contribution is -2.32. The van der Waals surface area contributed by atoms with Gasteiger partial charge >= 0.3 is 0 Å². The molecule has 0 aliphatic carbocycles. The van der Waals surface area contributed by atoms with Crippen molar-refractivity contribution in [2.45, 2.75) is 5.92 Å². The molecule has 2 nitrogen and oxygen atoms in total. The zero-order chi connectivity index (χ0) is 12.0. The van der Waals surface area contributed by atoms with E-state index < -0.39 is 23.3 Å². The van der Waals surface area contributed by atoms with E-state index in [0.29, 0.717) is 12.3 Å². The molecule has 0 heterocycles. The summed E-state index contributed by atoms with van der Waals surface area (Å²) < 4.78 is 37.8. The first-order valence-corrected chi connectivity index (χ1v) is 6.69. The Morgan fingerprint density at radius 2 is 1.94 bits per heavy atom. The Morgan fingerprint density at radius 3 is 2.50 bits per heavy atom. The number of hydrogen-bond donors (Lipinski definition) is 1. The number of benzene rings is 1. The van der Waals surface area contributed by atoms with Crippen LogP contribution in [0.4, 0.5) is 8.78 Å². The highest BCUT2D eigenvalue weighted by molar-refractivity contribution is 7.84. The first kappa shape index (κ1) is 13.3. The molecule has 0 aliphatic heterocycles. The molecule has 1 aromatic carbocycles. The number of halogens is 2. The molecule has 0 aliphatic rings. The fourth-order valence-electron chi connectivity index (χ4n) is 1.25. The highest BCUT2D eigenvalue weighted by Crippen LogP contribution is 2.26. The molecule has 16 heavy (non-hydrogen) atoms. The summed E-state index contributed by atoms with van der Waals surface area (Å²) >= 11 is 0. The van der Waals surface area contributed by atoms with Crippen molar-refractivity contribution >= 4 is 10.8 Å². The minimum Gasteiger partial charge on any atom is -0.310 e. The van der Waals surface area contributed by atoms with E-state index in [2.05, 4.69) is 5.32 Å². The van der Waals surface area contributed by atoms with Gasteiger partial charge < -0.3 is 5.32 Å². The van der Waals surface area contributed by atoms with E-state index in [4.69, 9.17) is 0 Å². The SMILES string of the molecule is CS(=O)CCNCC(F)(F)c1ccccc1. The fourth-order valence-corrected chi connectivity index (χ4v) is 1.68.